The number of carbonyl (C=O) groups is 1. The van der Waals surface area contributed by atoms with Crippen molar-refractivity contribution in [3.05, 3.63) is 75.3 Å². The van der Waals surface area contributed by atoms with E-state index in [0.29, 0.717) is 16.8 Å². The number of nitrogens with one attached hydrogen (secondary N) is 1. The number of amides is 1. The number of rotatable bonds is 4. The standard InChI is InChI=1S/C16H15N3O3/c1-11-5-3-7-14(9-11)16(20)18-17-12(2)13-6-4-8-15(10-13)19(21)22/h3-10H,1-2H3,(H,18,20)/b17-12+. The number of aryl methyl sites for hydroxylation is 1. The first kappa shape index (κ1) is 15.4. The second-order valence-corrected chi connectivity index (χ2v) is 4.82. The fourth-order valence-corrected chi connectivity index (χ4v) is 1.89. The van der Waals surface area contributed by atoms with Crippen molar-refractivity contribution in [2.75, 3.05) is 0 Å². The van der Waals surface area contributed by atoms with Crippen molar-refractivity contribution in [3.63, 3.8) is 0 Å². The van der Waals surface area contributed by atoms with Gasteiger partial charge in [-0.15, -0.1) is 0 Å². The number of nitrogens with zero attached hydrogens (tertiary/aromatic N) is 2. The fraction of sp³-hybridized carbons (Fsp3) is 0.125. The Hall–Kier alpha value is -3.02. The van der Waals surface area contributed by atoms with Gasteiger partial charge in [-0.3, -0.25) is 14.9 Å². The molecular weight excluding hydrogens is 282 g/mol. The summed E-state index contributed by atoms with van der Waals surface area (Å²) in [5, 5.41) is 14.8. The lowest BCUT2D eigenvalue weighted by atomic mass is 10.1. The quantitative estimate of drug-likeness (QED) is 0.534. The Bertz CT molecular complexity index is 754. The summed E-state index contributed by atoms with van der Waals surface area (Å²) in [6.45, 7) is 3.57. The second kappa shape index (κ2) is 6.62. The highest BCUT2D eigenvalue weighted by Crippen LogP contribution is 2.13. The molecule has 6 nitrogen and oxygen atoms in total. The molecule has 22 heavy (non-hydrogen) atoms. The van der Waals surface area contributed by atoms with Crippen molar-refractivity contribution in [2.45, 2.75) is 13.8 Å². The summed E-state index contributed by atoms with van der Waals surface area (Å²) in [4.78, 5) is 22.3. The van der Waals surface area contributed by atoms with Crippen molar-refractivity contribution < 1.29 is 9.72 Å². The molecule has 0 bridgehead atoms. The van der Waals surface area contributed by atoms with E-state index in [1.54, 1.807) is 37.3 Å². The van der Waals surface area contributed by atoms with Gasteiger partial charge in [-0.25, -0.2) is 5.43 Å². The molecule has 0 radical (unpaired) electrons. The smallest absolute Gasteiger partial charge is 0.267 e. The third-order valence-electron chi connectivity index (χ3n) is 3.08. The first-order chi connectivity index (χ1) is 10.5. The van der Waals surface area contributed by atoms with Gasteiger partial charge in [-0.05, 0) is 26.0 Å². The van der Waals surface area contributed by atoms with Crippen LogP contribution < -0.4 is 5.43 Å². The van der Waals surface area contributed by atoms with Crippen LogP contribution in [0.25, 0.3) is 0 Å². The maximum absolute atomic E-state index is 12.0. The van der Waals surface area contributed by atoms with E-state index in [4.69, 9.17) is 0 Å². The van der Waals surface area contributed by atoms with E-state index in [0.717, 1.165) is 5.56 Å². The van der Waals surface area contributed by atoms with E-state index < -0.39 is 4.92 Å². The van der Waals surface area contributed by atoms with Crippen LogP contribution in [-0.2, 0) is 0 Å². The average Bonchev–Trinajstić information content (AvgIpc) is 2.52. The molecule has 0 heterocycles. The van der Waals surface area contributed by atoms with Crippen molar-refractivity contribution >= 4 is 17.3 Å². The summed E-state index contributed by atoms with van der Waals surface area (Å²) < 4.78 is 0. The molecule has 112 valence electrons. The molecule has 0 aliphatic heterocycles. The first-order valence-electron chi connectivity index (χ1n) is 6.63. The van der Waals surface area contributed by atoms with Crippen molar-refractivity contribution in [3.8, 4) is 0 Å². The summed E-state index contributed by atoms with van der Waals surface area (Å²) in [5.74, 6) is -0.325. The fourth-order valence-electron chi connectivity index (χ4n) is 1.89. The lowest BCUT2D eigenvalue weighted by Gasteiger charge is -2.04. The van der Waals surface area contributed by atoms with Gasteiger partial charge in [0.2, 0.25) is 0 Å². The number of nitro benzene ring substituents is 1. The zero-order valence-corrected chi connectivity index (χ0v) is 12.2. The van der Waals surface area contributed by atoms with Crippen LogP contribution in [0.3, 0.4) is 0 Å². The largest absolute Gasteiger partial charge is 0.271 e. The Labute approximate surface area is 127 Å². The van der Waals surface area contributed by atoms with E-state index in [1.807, 2.05) is 13.0 Å². The third kappa shape index (κ3) is 3.76. The molecule has 0 atom stereocenters. The predicted molar refractivity (Wildman–Crippen MR) is 84.0 cm³/mol. The maximum atomic E-state index is 12.0. The van der Waals surface area contributed by atoms with Crippen LogP contribution in [0.1, 0.15) is 28.4 Å². The van der Waals surface area contributed by atoms with E-state index in [9.17, 15) is 14.9 Å². The molecule has 0 aliphatic rings. The highest BCUT2D eigenvalue weighted by molar-refractivity contribution is 6.01. The molecule has 2 aromatic carbocycles. The summed E-state index contributed by atoms with van der Waals surface area (Å²) in [7, 11) is 0. The Morgan fingerprint density at radius 2 is 1.82 bits per heavy atom. The van der Waals surface area contributed by atoms with Gasteiger partial charge in [-0.1, -0.05) is 29.8 Å². The van der Waals surface area contributed by atoms with Crippen LogP contribution in [0.15, 0.2) is 53.6 Å². The number of hydrazone groups is 1. The number of benzene rings is 2. The van der Waals surface area contributed by atoms with Crippen LogP contribution in [0.5, 0.6) is 0 Å². The van der Waals surface area contributed by atoms with Crippen molar-refractivity contribution in [1.82, 2.24) is 5.43 Å². The molecule has 0 aromatic heterocycles. The summed E-state index contributed by atoms with van der Waals surface area (Å²) in [6, 6.07) is 13.2. The van der Waals surface area contributed by atoms with E-state index in [-0.39, 0.29) is 11.6 Å². The van der Waals surface area contributed by atoms with Crippen LogP contribution in [0.2, 0.25) is 0 Å². The summed E-state index contributed by atoms with van der Waals surface area (Å²) in [5.41, 5.74) is 5.00. The van der Waals surface area contributed by atoms with E-state index in [1.165, 1.54) is 12.1 Å². The molecule has 0 unspecified atom stereocenters. The zero-order valence-electron chi connectivity index (χ0n) is 12.2. The lowest BCUT2D eigenvalue weighted by molar-refractivity contribution is -0.384. The van der Waals surface area contributed by atoms with Crippen LogP contribution in [0.4, 0.5) is 5.69 Å². The molecule has 1 N–H and O–H groups in total. The molecule has 0 saturated heterocycles. The maximum Gasteiger partial charge on any atom is 0.271 e. The zero-order chi connectivity index (χ0) is 16.1. The van der Waals surface area contributed by atoms with Gasteiger partial charge in [-0.2, -0.15) is 5.10 Å². The highest BCUT2D eigenvalue weighted by atomic mass is 16.6. The Morgan fingerprint density at radius 3 is 2.50 bits per heavy atom. The normalized spacial score (nSPS) is 11.1. The molecule has 1 amide bonds. The molecule has 0 spiro atoms. The Kier molecular flexibility index (Phi) is 4.63. The van der Waals surface area contributed by atoms with Crippen molar-refractivity contribution in [2.24, 2.45) is 5.10 Å². The molecule has 2 rings (SSSR count). The van der Waals surface area contributed by atoms with Gasteiger partial charge < -0.3 is 0 Å². The lowest BCUT2D eigenvalue weighted by Crippen LogP contribution is -2.19. The van der Waals surface area contributed by atoms with Gasteiger partial charge in [0, 0.05) is 23.3 Å². The molecule has 2 aromatic rings. The number of hydrogen-bond acceptors (Lipinski definition) is 4. The van der Waals surface area contributed by atoms with Gasteiger partial charge in [0.05, 0.1) is 10.6 Å². The minimum atomic E-state index is -0.470. The number of hydrogen-bond donors (Lipinski definition) is 1. The predicted octanol–water partition coefficient (Wildman–Crippen LogP) is 3.06. The molecule has 0 saturated carbocycles. The average molecular weight is 297 g/mol. The van der Waals surface area contributed by atoms with E-state index >= 15 is 0 Å². The first-order valence-corrected chi connectivity index (χ1v) is 6.63. The van der Waals surface area contributed by atoms with Crippen LogP contribution in [-0.4, -0.2) is 16.5 Å². The summed E-state index contributed by atoms with van der Waals surface area (Å²) in [6.07, 6.45) is 0. The molecule has 6 heteroatoms. The molecule has 0 aliphatic carbocycles. The SMILES string of the molecule is C/C(=N\NC(=O)c1cccc(C)c1)c1cccc([N+](=O)[O-])c1. The molecule has 0 fully saturated rings. The van der Waals surface area contributed by atoms with Crippen LogP contribution >= 0.6 is 0 Å². The van der Waals surface area contributed by atoms with Gasteiger partial charge in [0.1, 0.15) is 0 Å². The van der Waals surface area contributed by atoms with Crippen molar-refractivity contribution in [1.29, 1.82) is 0 Å². The number of non-ortho nitro benzene ring substituents is 1. The monoisotopic (exact) mass is 297 g/mol. The minimum Gasteiger partial charge on any atom is -0.267 e. The third-order valence-corrected chi connectivity index (χ3v) is 3.08. The Balaban J connectivity index is 2.14. The number of nitro groups is 1. The minimum absolute atomic E-state index is 0.0166. The second-order valence-electron chi connectivity index (χ2n) is 4.82. The summed E-state index contributed by atoms with van der Waals surface area (Å²) >= 11 is 0. The van der Waals surface area contributed by atoms with Gasteiger partial charge >= 0.3 is 0 Å². The van der Waals surface area contributed by atoms with Gasteiger partial charge in [0.15, 0.2) is 0 Å². The topological polar surface area (TPSA) is 84.6 Å². The van der Waals surface area contributed by atoms with Crippen LogP contribution in [0, 0.1) is 17.0 Å². The number of carbonyl (C=O) groups excluding carboxylic acids is 1. The molecular formula is C16H15N3O3. The van der Waals surface area contributed by atoms with Gasteiger partial charge in [0.25, 0.3) is 11.6 Å². The van der Waals surface area contributed by atoms with E-state index in [2.05, 4.69) is 10.5 Å². The highest BCUT2D eigenvalue weighted by Gasteiger charge is 2.08. The Morgan fingerprint density at radius 1 is 1.14 bits per heavy atom.